The normalized spacial score (nSPS) is 11.7. The number of pyridine rings is 1. The smallest absolute Gasteiger partial charge is 0.145 e. The lowest BCUT2D eigenvalue weighted by atomic mass is 9.92. The molecule has 0 fully saturated rings. The molecule has 0 spiro atoms. The van der Waals surface area contributed by atoms with Crippen molar-refractivity contribution in [1.82, 2.24) is 9.38 Å². The van der Waals surface area contributed by atoms with Crippen LogP contribution in [-0.2, 0) is 0 Å². The van der Waals surface area contributed by atoms with E-state index in [0.717, 1.165) is 27.3 Å². The molecule has 0 aliphatic rings. The Morgan fingerprint density at radius 3 is 2.37 bits per heavy atom. The lowest BCUT2D eigenvalue weighted by molar-refractivity contribution is 0.476. The third kappa shape index (κ3) is 2.32. The van der Waals surface area contributed by atoms with E-state index < -0.39 is 0 Å². The zero-order chi connectivity index (χ0) is 18.7. The summed E-state index contributed by atoms with van der Waals surface area (Å²) in [6, 6.07) is 16.6. The molecule has 3 aromatic carbocycles. The van der Waals surface area contributed by atoms with Crippen molar-refractivity contribution in [2.24, 2.45) is 0 Å². The van der Waals surface area contributed by atoms with Gasteiger partial charge in [0.25, 0.3) is 0 Å². The number of fused-ring (bicyclic) bond motifs is 6. The number of rotatable bonds is 1. The van der Waals surface area contributed by atoms with Crippen molar-refractivity contribution < 1.29 is 5.11 Å². The predicted molar refractivity (Wildman–Crippen MR) is 112 cm³/mol. The first-order chi connectivity index (χ1) is 13.0. The highest BCUT2D eigenvalue weighted by Gasteiger charge is 2.13. The first kappa shape index (κ1) is 15.9. The summed E-state index contributed by atoms with van der Waals surface area (Å²) in [6.45, 7) is 6.49. The Kier molecular flexibility index (Phi) is 3.28. The molecule has 0 atom stereocenters. The van der Waals surface area contributed by atoms with Gasteiger partial charge in [0.15, 0.2) is 0 Å². The van der Waals surface area contributed by atoms with Gasteiger partial charge >= 0.3 is 0 Å². The Labute approximate surface area is 157 Å². The quantitative estimate of drug-likeness (QED) is 0.379. The minimum Gasteiger partial charge on any atom is -0.508 e. The van der Waals surface area contributed by atoms with Gasteiger partial charge in [-0.15, -0.1) is 0 Å². The number of phenols is 1. The number of imidazole rings is 1. The van der Waals surface area contributed by atoms with Crippen molar-refractivity contribution in [2.45, 2.75) is 20.8 Å². The van der Waals surface area contributed by atoms with Crippen molar-refractivity contribution in [3.8, 4) is 16.9 Å². The van der Waals surface area contributed by atoms with Gasteiger partial charge in [-0.25, -0.2) is 4.98 Å². The van der Waals surface area contributed by atoms with Crippen LogP contribution in [0.4, 0.5) is 0 Å². The van der Waals surface area contributed by atoms with Gasteiger partial charge in [-0.3, -0.25) is 4.40 Å². The van der Waals surface area contributed by atoms with Gasteiger partial charge in [-0.2, -0.15) is 0 Å². The zero-order valence-corrected chi connectivity index (χ0v) is 15.6. The molecule has 0 radical (unpaired) electrons. The summed E-state index contributed by atoms with van der Waals surface area (Å²) in [6.07, 6.45) is 3.78. The molecule has 2 heterocycles. The predicted octanol–water partition coefficient (Wildman–Crippen LogP) is 5.94. The van der Waals surface area contributed by atoms with Crippen LogP contribution < -0.4 is 0 Å². The molecule has 5 aromatic rings. The van der Waals surface area contributed by atoms with Crippen LogP contribution in [-0.4, -0.2) is 14.5 Å². The van der Waals surface area contributed by atoms with E-state index in [2.05, 4.69) is 60.5 Å². The highest BCUT2D eigenvalue weighted by atomic mass is 16.3. The number of hydrogen-bond acceptors (Lipinski definition) is 2. The van der Waals surface area contributed by atoms with E-state index >= 15 is 0 Å². The van der Waals surface area contributed by atoms with Gasteiger partial charge < -0.3 is 5.11 Å². The molecule has 2 aromatic heterocycles. The maximum absolute atomic E-state index is 9.99. The minimum absolute atomic E-state index is 0.258. The van der Waals surface area contributed by atoms with Gasteiger partial charge in [-0.05, 0) is 78.7 Å². The maximum atomic E-state index is 9.99. The highest BCUT2D eigenvalue weighted by molar-refractivity contribution is 6.13. The molecule has 0 saturated heterocycles. The molecule has 0 amide bonds. The molecule has 0 aliphatic carbocycles. The van der Waals surface area contributed by atoms with Crippen LogP contribution in [0.5, 0.6) is 5.75 Å². The van der Waals surface area contributed by atoms with Gasteiger partial charge in [0.2, 0.25) is 0 Å². The number of aryl methyl sites for hydroxylation is 3. The molecule has 132 valence electrons. The SMILES string of the molecule is Cc1cc(C)c(-c2ccc3c(c2)c2ccc(O)cc2c2nccn32)c(C)c1. The average molecular weight is 352 g/mol. The molecule has 3 heteroatoms. The molecular formula is C24H20N2O. The standard InChI is InChI=1S/C24H20N2O/c1-14-10-15(2)23(16(3)11-14)17-4-7-22-20(12-17)19-6-5-18(27)13-21(19)24-25-8-9-26(22)24/h4-13,27H,1-3H3. The van der Waals surface area contributed by atoms with Crippen molar-refractivity contribution in [3.05, 3.63) is 77.6 Å². The largest absolute Gasteiger partial charge is 0.508 e. The van der Waals surface area contributed by atoms with Crippen molar-refractivity contribution >= 4 is 27.3 Å². The van der Waals surface area contributed by atoms with Crippen molar-refractivity contribution in [1.29, 1.82) is 0 Å². The van der Waals surface area contributed by atoms with Gasteiger partial charge in [-0.1, -0.05) is 23.8 Å². The molecular weight excluding hydrogens is 332 g/mol. The van der Waals surface area contributed by atoms with Crippen LogP contribution in [0.2, 0.25) is 0 Å². The van der Waals surface area contributed by atoms with E-state index in [1.54, 1.807) is 18.3 Å². The summed E-state index contributed by atoms with van der Waals surface area (Å²) in [5.74, 6) is 0.258. The fourth-order valence-corrected chi connectivity index (χ4v) is 4.40. The van der Waals surface area contributed by atoms with Gasteiger partial charge in [0.1, 0.15) is 11.4 Å². The summed E-state index contributed by atoms with van der Waals surface area (Å²) in [7, 11) is 0. The number of phenolic OH excluding ortho intramolecular Hbond substituents is 1. The van der Waals surface area contributed by atoms with E-state index in [1.807, 2.05) is 12.3 Å². The summed E-state index contributed by atoms with van der Waals surface area (Å²) in [5.41, 5.74) is 8.35. The van der Waals surface area contributed by atoms with Crippen LogP contribution in [0.3, 0.4) is 0 Å². The second-order valence-corrected chi connectivity index (χ2v) is 7.36. The monoisotopic (exact) mass is 352 g/mol. The fraction of sp³-hybridized carbons (Fsp3) is 0.125. The molecule has 1 N–H and O–H groups in total. The number of nitrogens with zero attached hydrogens (tertiary/aromatic N) is 2. The molecule has 3 nitrogen and oxygen atoms in total. The third-order valence-corrected chi connectivity index (χ3v) is 5.40. The van der Waals surface area contributed by atoms with E-state index in [1.165, 1.54) is 27.8 Å². The fourth-order valence-electron chi connectivity index (χ4n) is 4.40. The number of aromatic nitrogens is 2. The summed E-state index contributed by atoms with van der Waals surface area (Å²) >= 11 is 0. The second-order valence-electron chi connectivity index (χ2n) is 7.36. The van der Waals surface area contributed by atoms with Crippen molar-refractivity contribution in [3.63, 3.8) is 0 Å². The Bertz CT molecular complexity index is 1340. The molecule has 0 saturated carbocycles. The van der Waals surface area contributed by atoms with E-state index in [4.69, 9.17) is 0 Å². The Morgan fingerprint density at radius 1 is 0.815 bits per heavy atom. The Morgan fingerprint density at radius 2 is 1.59 bits per heavy atom. The maximum Gasteiger partial charge on any atom is 0.145 e. The van der Waals surface area contributed by atoms with E-state index in [9.17, 15) is 5.11 Å². The van der Waals surface area contributed by atoms with Crippen LogP contribution in [0, 0.1) is 20.8 Å². The van der Waals surface area contributed by atoms with Crippen LogP contribution >= 0.6 is 0 Å². The lowest BCUT2D eigenvalue weighted by Gasteiger charge is -2.14. The zero-order valence-electron chi connectivity index (χ0n) is 15.6. The number of benzene rings is 3. The first-order valence-electron chi connectivity index (χ1n) is 9.12. The molecule has 27 heavy (non-hydrogen) atoms. The molecule has 0 aliphatic heterocycles. The number of hydrogen-bond donors (Lipinski definition) is 1. The van der Waals surface area contributed by atoms with Gasteiger partial charge in [0.05, 0.1) is 5.52 Å². The Hall–Kier alpha value is -3.33. The molecule has 0 unspecified atom stereocenters. The summed E-state index contributed by atoms with van der Waals surface area (Å²) < 4.78 is 2.09. The van der Waals surface area contributed by atoms with Crippen LogP contribution in [0.25, 0.3) is 38.4 Å². The second kappa shape index (κ2) is 5.58. The van der Waals surface area contributed by atoms with E-state index in [-0.39, 0.29) is 5.75 Å². The number of aromatic hydroxyl groups is 1. The topological polar surface area (TPSA) is 37.5 Å². The summed E-state index contributed by atoms with van der Waals surface area (Å²) in [5, 5.41) is 13.2. The Balaban J connectivity index is 1.92. The highest BCUT2D eigenvalue weighted by Crippen LogP contribution is 2.35. The molecule has 0 bridgehead atoms. The van der Waals surface area contributed by atoms with Crippen molar-refractivity contribution in [2.75, 3.05) is 0 Å². The average Bonchev–Trinajstić information content (AvgIpc) is 3.11. The van der Waals surface area contributed by atoms with E-state index in [0.29, 0.717) is 0 Å². The minimum atomic E-state index is 0.258. The lowest BCUT2D eigenvalue weighted by Crippen LogP contribution is -1.93. The van der Waals surface area contributed by atoms with Crippen LogP contribution in [0.1, 0.15) is 16.7 Å². The summed E-state index contributed by atoms with van der Waals surface area (Å²) in [4.78, 5) is 4.51. The van der Waals surface area contributed by atoms with Crippen LogP contribution in [0.15, 0.2) is 60.9 Å². The first-order valence-corrected chi connectivity index (χ1v) is 9.12. The van der Waals surface area contributed by atoms with Gasteiger partial charge in [0, 0.05) is 23.2 Å². The molecule has 5 rings (SSSR count). The third-order valence-electron chi connectivity index (χ3n) is 5.40.